The Morgan fingerprint density at radius 2 is 0.846 bits per heavy atom. The maximum atomic E-state index is 5.35. The van der Waals surface area contributed by atoms with Crippen molar-refractivity contribution in [3.63, 3.8) is 0 Å². The molecule has 0 bridgehead atoms. The van der Waals surface area contributed by atoms with Crippen LogP contribution < -0.4 is 0 Å². The fourth-order valence-corrected chi connectivity index (χ4v) is 14.0. The highest BCUT2D eigenvalue weighted by molar-refractivity contribution is 8.34. The summed E-state index contributed by atoms with van der Waals surface area (Å²) in [7, 11) is -1.93. The summed E-state index contributed by atoms with van der Waals surface area (Å²) >= 11 is 0. The fourth-order valence-electron chi connectivity index (χ4n) is 10.1. The number of fused-ring (bicyclic) bond motifs is 6. The van der Waals surface area contributed by atoms with E-state index < -0.39 is 10.0 Å². The molecule has 2 aromatic heterocycles. The third kappa shape index (κ3) is 6.26. The molecule has 2 heterocycles. The predicted octanol–water partition coefficient (Wildman–Crippen LogP) is 15.6. The van der Waals surface area contributed by atoms with Crippen LogP contribution in [0.3, 0.4) is 0 Å². The molecule has 4 nitrogen and oxygen atoms in total. The number of aromatic nitrogens is 4. The van der Waals surface area contributed by atoms with E-state index in [0.29, 0.717) is 17.5 Å². The van der Waals surface area contributed by atoms with E-state index in [1.54, 1.807) is 0 Å². The van der Waals surface area contributed by atoms with Crippen molar-refractivity contribution in [2.24, 2.45) is 0 Å². The summed E-state index contributed by atoms with van der Waals surface area (Å²) in [6.45, 7) is 4.70. The van der Waals surface area contributed by atoms with Crippen molar-refractivity contribution < 1.29 is 0 Å². The molecule has 0 unspecified atom stereocenters. The van der Waals surface area contributed by atoms with Crippen molar-refractivity contribution in [2.75, 3.05) is 0 Å². The quantitative estimate of drug-likeness (QED) is 0.153. The van der Waals surface area contributed by atoms with Gasteiger partial charge >= 0.3 is 0 Å². The van der Waals surface area contributed by atoms with E-state index in [1.165, 1.54) is 58.1 Å². The molecule has 5 heteroatoms. The van der Waals surface area contributed by atoms with Gasteiger partial charge in [-0.1, -0.05) is 166 Å². The van der Waals surface area contributed by atoms with Gasteiger partial charge in [-0.05, 0) is 101 Å². The third-order valence-electron chi connectivity index (χ3n) is 13.1. The SMILES string of the molecule is CC1(C)c2ccccc2-c2cc3c(cc21)c1ccccc1n3-c1cccc(-c2nc(-c3ccccc3)nc(-c3cccc(S(c4ccccc4)(c4ccccc4)c4ccccc4)c3)n2)c1. The van der Waals surface area contributed by atoms with Gasteiger partial charge < -0.3 is 4.57 Å². The van der Waals surface area contributed by atoms with Crippen LogP contribution >= 0.6 is 10.0 Å². The molecule has 65 heavy (non-hydrogen) atoms. The Hall–Kier alpha value is -7.86. The summed E-state index contributed by atoms with van der Waals surface area (Å²) in [5.41, 5.74) is 11.4. The maximum absolute atomic E-state index is 5.35. The largest absolute Gasteiger partial charge is 0.309 e. The second kappa shape index (κ2) is 15.4. The van der Waals surface area contributed by atoms with E-state index >= 15 is 0 Å². The van der Waals surface area contributed by atoms with Gasteiger partial charge in [0.1, 0.15) is 0 Å². The summed E-state index contributed by atoms with van der Waals surface area (Å²) in [4.78, 5) is 20.8. The van der Waals surface area contributed by atoms with Crippen LogP contribution in [0.1, 0.15) is 25.0 Å². The van der Waals surface area contributed by atoms with Crippen molar-refractivity contribution in [3.8, 4) is 51.0 Å². The first-order valence-corrected chi connectivity index (χ1v) is 23.8. The topological polar surface area (TPSA) is 43.6 Å². The van der Waals surface area contributed by atoms with Gasteiger partial charge in [-0.15, -0.1) is 10.0 Å². The third-order valence-corrected chi connectivity index (χ3v) is 17.0. The van der Waals surface area contributed by atoms with Gasteiger partial charge in [0.05, 0.1) is 11.0 Å². The summed E-state index contributed by atoms with van der Waals surface area (Å²) in [5, 5.41) is 2.48. The van der Waals surface area contributed by atoms with Crippen molar-refractivity contribution in [2.45, 2.75) is 38.8 Å². The summed E-state index contributed by atoms with van der Waals surface area (Å²) < 4.78 is 2.41. The van der Waals surface area contributed by atoms with E-state index in [9.17, 15) is 0 Å². The molecule has 310 valence electrons. The molecule has 0 amide bonds. The van der Waals surface area contributed by atoms with Crippen LogP contribution in [0.25, 0.3) is 72.8 Å². The lowest BCUT2D eigenvalue weighted by Crippen LogP contribution is -2.14. The first-order valence-electron chi connectivity index (χ1n) is 22.2. The van der Waals surface area contributed by atoms with Crippen LogP contribution in [0, 0.1) is 0 Å². The number of hydrogen-bond acceptors (Lipinski definition) is 3. The van der Waals surface area contributed by atoms with E-state index in [-0.39, 0.29) is 5.41 Å². The standard InChI is InChI=1S/C60H44N4S/c1-60(2)53-35-17-15-33-49(53)51-40-56-52(39-54(51)60)50-34-16-18-36-55(50)64(56)44-25-19-23-42(37-44)58-61-57(41-21-7-3-8-22-41)62-59(63-58)43-24-20-32-48(38-43)65(45-26-9-4-10-27-45,46-28-11-5-12-29-46)47-30-13-6-14-31-47/h3-40H,1-2H3. The van der Waals surface area contributed by atoms with Crippen LogP contribution in [0.2, 0.25) is 0 Å². The van der Waals surface area contributed by atoms with Gasteiger partial charge in [0, 0.05) is 58.1 Å². The Morgan fingerprint density at radius 1 is 0.354 bits per heavy atom. The summed E-state index contributed by atoms with van der Waals surface area (Å²) in [6.07, 6.45) is 0. The molecule has 0 spiro atoms. The van der Waals surface area contributed by atoms with Gasteiger partial charge in [-0.3, -0.25) is 0 Å². The zero-order valence-corrected chi connectivity index (χ0v) is 37.0. The molecule has 9 aromatic carbocycles. The molecular weight excluding hydrogens is 809 g/mol. The lowest BCUT2D eigenvalue weighted by atomic mass is 9.82. The second-order valence-electron chi connectivity index (χ2n) is 17.2. The highest BCUT2D eigenvalue weighted by Gasteiger charge is 2.37. The molecule has 1 aliphatic carbocycles. The Balaban J connectivity index is 1.05. The molecular formula is C60H44N4S. The van der Waals surface area contributed by atoms with E-state index in [1.807, 2.05) is 18.2 Å². The normalized spacial score (nSPS) is 13.1. The number of nitrogens with zero attached hydrogens (tertiary/aromatic N) is 4. The van der Waals surface area contributed by atoms with Crippen LogP contribution in [-0.2, 0) is 5.41 Å². The molecule has 12 rings (SSSR count). The Morgan fingerprint density at radius 3 is 1.49 bits per heavy atom. The van der Waals surface area contributed by atoms with Gasteiger partial charge in [0.15, 0.2) is 17.5 Å². The summed E-state index contributed by atoms with van der Waals surface area (Å²) in [6, 6.07) is 83.1. The van der Waals surface area contributed by atoms with Crippen molar-refractivity contribution in [1.29, 1.82) is 0 Å². The van der Waals surface area contributed by atoms with Gasteiger partial charge in [0.2, 0.25) is 0 Å². The molecule has 0 N–H and O–H groups in total. The lowest BCUT2D eigenvalue weighted by molar-refractivity contribution is 0.661. The Labute approximate surface area is 380 Å². The van der Waals surface area contributed by atoms with Crippen molar-refractivity contribution >= 4 is 31.8 Å². The molecule has 0 aliphatic heterocycles. The van der Waals surface area contributed by atoms with Crippen molar-refractivity contribution in [3.05, 3.63) is 242 Å². The second-order valence-corrected chi connectivity index (χ2v) is 20.4. The average Bonchev–Trinajstić information content (AvgIpc) is 3.82. The number of rotatable bonds is 8. The monoisotopic (exact) mass is 852 g/mol. The maximum Gasteiger partial charge on any atom is 0.164 e. The molecule has 0 saturated carbocycles. The smallest absolute Gasteiger partial charge is 0.164 e. The van der Waals surface area contributed by atoms with Crippen LogP contribution in [0.4, 0.5) is 0 Å². The average molecular weight is 853 g/mol. The zero-order valence-electron chi connectivity index (χ0n) is 36.1. The molecule has 0 atom stereocenters. The molecule has 0 saturated heterocycles. The number of benzene rings is 9. The summed E-state index contributed by atoms with van der Waals surface area (Å²) in [5.74, 6) is 1.87. The number of para-hydroxylation sites is 1. The van der Waals surface area contributed by atoms with Gasteiger partial charge in [0.25, 0.3) is 0 Å². The van der Waals surface area contributed by atoms with Crippen LogP contribution in [0.15, 0.2) is 250 Å². The lowest BCUT2D eigenvalue weighted by Gasteiger charge is -2.42. The zero-order chi connectivity index (χ0) is 43.5. The minimum atomic E-state index is -1.93. The first kappa shape index (κ1) is 38.8. The van der Waals surface area contributed by atoms with Crippen LogP contribution in [0.5, 0.6) is 0 Å². The van der Waals surface area contributed by atoms with Crippen molar-refractivity contribution in [1.82, 2.24) is 19.5 Å². The van der Waals surface area contributed by atoms with E-state index in [2.05, 4.69) is 231 Å². The van der Waals surface area contributed by atoms with Gasteiger partial charge in [-0.25, -0.2) is 15.0 Å². The first-order chi connectivity index (χ1) is 32.0. The molecule has 0 fully saturated rings. The Kier molecular flexibility index (Phi) is 9.21. The fraction of sp³-hybridized carbons (Fsp3) is 0.0500. The minimum absolute atomic E-state index is 0.0942. The van der Waals surface area contributed by atoms with E-state index in [4.69, 9.17) is 15.0 Å². The minimum Gasteiger partial charge on any atom is -0.309 e. The van der Waals surface area contributed by atoms with Gasteiger partial charge in [-0.2, -0.15) is 0 Å². The highest BCUT2D eigenvalue weighted by Crippen LogP contribution is 2.73. The molecule has 11 aromatic rings. The van der Waals surface area contributed by atoms with Crippen LogP contribution in [-0.4, -0.2) is 19.5 Å². The van der Waals surface area contributed by atoms with E-state index in [0.717, 1.165) is 27.9 Å². The molecule has 0 radical (unpaired) electrons. The number of hydrogen-bond donors (Lipinski definition) is 0. The highest BCUT2D eigenvalue weighted by atomic mass is 32.3. The Bertz CT molecular complexity index is 3470. The molecule has 1 aliphatic rings. The predicted molar refractivity (Wildman–Crippen MR) is 268 cm³/mol.